The van der Waals surface area contributed by atoms with Gasteiger partial charge in [0.15, 0.2) is 0 Å². The van der Waals surface area contributed by atoms with E-state index in [4.69, 9.17) is 4.42 Å². The van der Waals surface area contributed by atoms with E-state index in [1.807, 2.05) is 53.4 Å². The molecule has 2 aromatic heterocycles. The van der Waals surface area contributed by atoms with Gasteiger partial charge in [-0.15, -0.1) is 0 Å². The van der Waals surface area contributed by atoms with E-state index in [0.29, 0.717) is 12.2 Å². The Balaban J connectivity index is 1.63. The van der Waals surface area contributed by atoms with Gasteiger partial charge in [0.05, 0.1) is 18.3 Å². The second kappa shape index (κ2) is 7.30. The van der Waals surface area contributed by atoms with Crippen LogP contribution in [0.25, 0.3) is 10.9 Å². The monoisotopic (exact) mass is 349 g/mol. The van der Waals surface area contributed by atoms with E-state index < -0.39 is 0 Å². The molecule has 5 heteroatoms. The molecule has 0 saturated carbocycles. The Hall–Kier alpha value is -2.66. The third-order valence-corrected chi connectivity index (χ3v) is 5.11. The average Bonchev–Trinajstić information content (AvgIpc) is 3.19. The van der Waals surface area contributed by atoms with Crippen LogP contribution in [-0.4, -0.2) is 46.9 Å². The van der Waals surface area contributed by atoms with Gasteiger partial charge in [-0.1, -0.05) is 24.3 Å². The van der Waals surface area contributed by atoms with Crippen molar-refractivity contribution < 1.29 is 9.21 Å². The molecule has 0 unspecified atom stereocenters. The van der Waals surface area contributed by atoms with Crippen LogP contribution in [0.15, 0.2) is 59.2 Å². The zero-order chi connectivity index (χ0) is 17.9. The molecule has 3 aromatic rings. The molecule has 0 bridgehead atoms. The number of fused-ring (bicyclic) bond motifs is 1. The smallest absolute Gasteiger partial charge is 0.273 e. The van der Waals surface area contributed by atoms with Gasteiger partial charge in [0.25, 0.3) is 5.91 Å². The SMILES string of the molecule is CN1CCC(N(Cc2ccco2)C(=O)c2ccc3ccccc3n2)CC1. The lowest BCUT2D eigenvalue weighted by Crippen LogP contribution is -2.46. The van der Waals surface area contributed by atoms with E-state index in [1.54, 1.807) is 6.26 Å². The van der Waals surface area contributed by atoms with Crippen LogP contribution in [0, 0.1) is 0 Å². The summed E-state index contributed by atoms with van der Waals surface area (Å²) < 4.78 is 5.51. The summed E-state index contributed by atoms with van der Waals surface area (Å²) in [5.74, 6) is 0.778. The van der Waals surface area contributed by atoms with Gasteiger partial charge in [-0.05, 0) is 57.2 Å². The minimum atomic E-state index is -0.0262. The average molecular weight is 349 g/mol. The molecule has 3 heterocycles. The van der Waals surface area contributed by atoms with Crippen molar-refractivity contribution in [3.8, 4) is 0 Å². The number of carbonyl (C=O) groups is 1. The number of amides is 1. The molecule has 0 N–H and O–H groups in total. The van der Waals surface area contributed by atoms with Crippen molar-refractivity contribution in [2.24, 2.45) is 0 Å². The topological polar surface area (TPSA) is 49.6 Å². The first-order chi connectivity index (χ1) is 12.7. The van der Waals surface area contributed by atoms with Crippen molar-refractivity contribution in [3.05, 3.63) is 66.2 Å². The van der Waals surface area contributed by atoms with E-state index in [1.165, 1.54) is 0 Å². The molecular formula is C21H23N3O2. The van der Waals surface area contributed by atoms with Crippen LogP contribution >= 0.6 is 0 Å². The van der Waals surface area contributed by atoms with Crippen molar-refractivity contribution in [2.45, 2.75) is 25.4 Å². The summed E-state index contributed by atoms with van der Waals surface area (Å²) in [5.41, 5.74) is 1.34. The van der Waals surface area contributed by atoms with Crippen LogP contribution in [0.4, 0.5) is 0 Å². The molecule has 0 aliphatic carbocycles. The van der Waals surface area contributed by atoms with Crippen LogP contribution in [-0.2, 0) is 6.54 Å². The van der Waals surface area contributed by atoms with Crippen LogP contribution in [0.1, 0.15) is 29.1 Å². The normalized spacial score (nSPS) is 16.0. The highest BCUT2D eigenvalue weighted by Crippen LogP contribution is 2.22. The highest BCUT2D eigenvalue weighted by Gasteiger charge is 2.29. The van der Waals surface area contributed by atoms with Crippen molar-refractivity contribution in [1.29, 1.82) is 0 Å². The minimum Gasteiger partial charge on any atom is -0.467 e. The number of hydrogen-bond donors (Lipinski definition) is 0. The summed E-state index contributed by atoms with van der Waals surface area (Å²) in [6, 6.07) is 15.7. The number of pyridine rings is 1. The van der Waals surface area contributed by atoms with Gasteiger partial charge in [-0.2, -0.15) is 0 Å². The third-order valence-electron chi connectivity index (χ3n) is 5.11. The van der Waals surface area contributed by atoms with Crippen LogP contribution < -0.4 is 0 Å². The number of nitrogens with zero attached hydrogens (tertiary/aromatic N) is 3. The van der Waals surface area contributed by atoms with E-state index >= 15 is 0 Å². The molecule has 134 valence electrons. The van der Waals surface area contributed by atoms with E-state index in [9.17, 15) is 4.79 Å². The van der Waals surface area contributed by atoms with Crippen LogP contribution in [0.2, 0.25) is 0 Å². The quantitative estimate of drug-likeness (QED) is 0.723. The summed E-state index contributed by atoms with van der Waals surface area (Å²) in [4.78, 5) is 22.1. The summed E-state index contributed by atoms with van der Waals surface area (Å²) in [7, 11) is 2.12. The lowest BCUT2D eigenvalue weighted by molar-refractivity contribution is 0.0545. The number of rotatable bonds is 4. The van der Waals surface area contributed by atoms with Gasteiger partial charge < -0.3 is 14.2 Å². The molecule has 1 fully saturated rings. The number of para-hydroxylation sites is 1. The molecule has 1 saturated heterocycles. The summed E-state index contributed by atoms with van der Waals surface area (Å²) in [6.45, 7) is 2.48. The summed E-state index contributed by atoms with van der Waals surface area (Å²) in [5, 5.41) is 1.04. The lowest BCUT2D eigenvalue weighted by Gasteiger charge is -2.36. The van der Waals surface area contributed by atoms with Crippen molar-refractivity contribution in [2.75, 3.05) is 20.1 Å². The van der Waals surface area contributed by atoms with Gasteiger partial charge in [0, 0.05) is 11.4 Å². The van der Waals surface area contributed by atoms with Crippen molar-refractivity contribution in [3.63, 3.8) is 0 Å². The molecule has 1 aliphatic rings. The van der Waals surface area contributed by atoms with Gasteiger partial charge in [-0.25, -0.2) is 4.98 Å². The third kappa shape index (κ3) is 3.48. The zero-order valence-corrected chi connectivity index (χ0v) is 15.0. The fourth-order valence-electron chi connectivity index (χ4n) is 3.58. The fourth-order valence-corrected chi connectivity index (χ4v) is 3.58. The van der Waals surface area contributed by atoms with Gasteiger partial charge in [0.2, 0.25) is 0 Å². The minimum absolute atomic E-state index is 0.0262. The summed E-state index contributed by atoms with van der Waals surface area (Å²) in [6.07, 6.45) is 3.59. The highest BCUT2D eigenvalue weighted by molar-refractivity contribution is 5.95. The first-order valence-electron chi connectivity index (χ1n) is 9.08. The lowest BCUT2D eigenvalue weighted by atomic mass is 10.0. The van der Waals surface area contributed by atoms with Crippen LogP contribution in [0.5, 0.6) is 0 Å². The number of piperidine rings is 1. The maximum Gasteiger partial charge on any atom is 0.273 e. The number of carbonyl (C=O) groups excluding carboxylic acids is 1. The fraction of sp³-hybridized carbons (Fsp3) is 0.333. The second-order valence-corrected chi connectivity index (χ2v) is 6.94. The number of benzene rings is 1. The van der Waals surface area contributed by atoms with Gasteiger partial charge >= 0.3 is 0 Å². The maximum atomic E-state index is 13.3. The molecule has 5 nitrogen and oxygen atoms in total. The predicted octanol–water partition coefficient (Wildman–Crippen LogP) is 3.56. The molecule has 1 amide bonds. The molecule has 1 aromatic carbocycles. The predicted molar refractivity (Wildman–Crippen MR) is 101 cm³/mol. The second-order valence-electron chi connectivity index (χ2n) is 6.94. The Morgan fingerprint density at radius 1 is 1.15 bits per heavy atom. The Morgan fingerprint density at radius 2 is 1.96 bits per heavy atom. The van der Waals surface area contributed by atoms with E-state index in [-0.39, 0.29) is 11.9 Å². The molecule has 26 heavy (non-hydrogen) atoms. The number of aromatic nitrogens is 1. The Bertz CT molecular complexity index is 883. The Morgan fingerprint density at radius 3 is 2.73 bits per heavy atom. The Kier molecular flexibility index (Phi) is 4.71. The molecule has 0 spiro atoms. The highest BCUT2D eigenvalue weighted by atomic mass is 16.3. The summed E-state index contributed by atoms with van der Waals surface area (Å²) >= 11 is 0. The Labute approximate surface area is 153 Å². The van der Waals surface area contributed by atoms with Crippen LogP contribution in [0.3, 0.4) is 0 Å². The van der Waals surface area contributed by atoms with Gasteiger partial charge in [0.1, 0.15) is 11.5 Å². The zero-order valence-electron chi connectivity index (χ0n) is 15.0. The van der Waals surface area contributed by atoms with Crippen molar-refractivity contribution in [1.82, 2.24) is 14.8 Å². The molecular weight excluding hydrogens is 326 g/mol. The van der Waals surface area contributed by atoms with E-state index in [0.717, 1.165) is 42.6 Å². The van der Waals surface area contributed by atoms with Crippen molar-refractivity contribution >= 4 is 16.8 Å². The molecule has 4 rings (SSSR count). The number of furan rings is 1. The molecule has 0 radical (unpaired) electrons. The standard InChI is InChI=1S/C21H23N3O2/c1-23-12-10-17(11-13-23)24(15-18-6-4-14-26-18)21(25)20-9-8-16-5-2-3-7-19(16)22-20/h2-9,14,17H,10-13,15H2,1H3. The largest absolute Gasteiger partial charge is 0.467 e. The number of likely N-dealkylation sites (tertiary alicyclic amines) is 1. The van der Waals surface area contributed by atoms with Gasteiger partial charge in [-0.3, -0.25) is 4.79 Å². The first-order valence-corrected chi connectivity index (χ1v) is 9.08. The van der Waals surface area contributed by atoms with E-state index in [2.05, 4.69) is 16.9 Å². The molecule has 1 aliphatic heterocycles. The maximum absolute atomic E-state index is 13.3. The molecule has 0 atom stereocenters. The number of hydrogen-bond acceptors (Lipinski definition) is 4. The first kappa shape index (κ1) is 16.8.